The molecule has 0 saturated heterocycles. The number of anilines is 1. The first-order chi connectivity index (χ1) is 7.59. The molecule has 0 spiro atoms. The molecule has 2 rings (SSSR count). The van der Waals surface area contributed by atoms with Gasteiger partial charge in [0.15, 0.2) is 0 Å². The Morgan fingerprint density at radius 3 is 2.56 bits per heavy atom. The van der Waals surface area contributed by atoms with Gasteiger partial charge in [0.1, 0.15) is 0 Å². The van der Waals surface area contributed by atoms with Crippen LogP contribution in [0.25, 0.3) is 0 Å². The average molecular weight is 239 g/mol. The zero-order valence-corrected chi connectivity index (χ0v) is 10.7. The molecule has 1 atom stereocenters. The van der Waals surface area contributed by atoms with Crippen LogP contribution in [0.2, 0.25) is 5.02 Å². The molecule has 3 heteroatoms. The van der Waals surface area contributed by atoms with Gasteiger partial charge in [0.2, 0.25) is 0 Å². The monoisotopic (exact) mass is 238 g/mol. The Morgan fingerprint density at radius 2 is 2.12 bits per heavy atom. The lowest BCUT2D eigenvalue weighted by Gasteiger charge is -2.37. The van der Waals surface area contributed by atoms with E-state index in [0.717, 1.165) is 16.3 Å². The van der Waals surface area contributed by atoms with Crippen molar-refractivity contribution in [2.45, 2.75) is 38.3 Å². The number of halogens is 1. The van der Waals surface area contributed by atoms with Crippen LogP contribution in [0.15, 0.2) is 18.2 Å². The van der Waals surface area contributed by atoms with Crippen LogP contribution < -0.4 is 10.6 Å². The van der Waals surface area contributed by atoms with E-state index in [1.165, 1.54) is 19.3 Å². The molecule has 16 heavy (non-hydrogen) atoms. The summed E-state index contributed by atoms with van der Waals surface area (Å²) in [6, 6.07) is 6.84. The van der Waals surface area contributed by atoms with Gasteiger partial charge in [-0.1, -0.05) is 17.7 Å². The third kappa shape index (κ3) is 2.18. The number of nitrogens with two attached hydrogens (primary N) is 1. The van der Waals surface area contributed by atoms with Crippen LogP contribution in [0.5, 0.6) is 0 Å². The van der Waals surface area contributed by atoms with Crippen LogP contribution in [0, 0.1) is 0 Å². The lowest BCUT2D eigenvalue weighted by molar-refractivity contribution is 0.401. The summed E-state index contributed by atoms with van der Waals surface area (Å²) in [6.45, 7) is 1.97. The van der Waals surface area contributed by atoms with Crippen molar-refractivity contribution < 1.29 is 0 Å². The van der Waals surface area contributed by atoms with Gasteiger partial charge in [-0.15, -0.1) is 0 Å². The van der Waals surface area contributed by atoms with Crippen LogP contribution in [-0.2, 0) is 0 Å². The van der Waals surface area contributed by atoms with Crippen molar-refractivity contribution in [2.75, 3.05) is 11.9 Å². The van der Waals surface area contributed by atoms with Crippen LogP contribution in [0.1, 0.15) is 37.8 Å². The number of nitrogens with zero attached hydrogens (tertiary/aromatic N) is 1. The molecule has 0 radical (unpaired) electrons. The largest absolute Gasteiger partial charge is 0.370 e. The molecular weight excluding hydrogens is 220 g/mol. The van der Waals surface area contributed by atoms with Crippen LogP contribution in [0.4, 0.5) is 5.69 Å². The molecule has 1 aromatic carbocycles. The number of hydrogen-bond donors (Lipinski definition) is 1. The van der Waals surface area contributed by atoms with Crippen molar-refractivity contribution in [3.63, 3.8) is 0 Å². The molecule has 1 aliphatic rings. The first kappa shape index (κ1) is 11.7. The SMILES string of the molecule is C[C@@H](N)c1ccc(N(C)C2CCC2)c(Cl)c1. The smallest absolute Gasteiger partial charge is 0.0642 e. The van der Waals surface area contributed by atoms with E-state index in [0.29, 0.717) is 6.04 Å². The lowest BCUT2D eigenvalue weighted by atomic mass is 9.91. The van der Waals surface area contributed by atoms with Gasteiger partial charge in [0, 0.05) is 19.1 Å². The molecule has 2 N–H and O–H groups in total. The topological polar surface area (TPSA) is 29.3 Å². The van der Waals surface area contributed by atoms with Crippen LogP contribution in [-0.4, -0.2) is 13.1 Å². The molecule has 88 valence electrons. The second-order valence-corrected chi connectivity index (χ2v) is 5.10. The van der Waals surface area contributed by atoms with Gasteiger partial charge in [0.25, 0.3) is 0 Å². The molecule has 1 saturated carbocycles. The zero-order chi connectivity index (χ0) is 11.7. The Hall–Kier alpha value is -0.730. The fourth-order valence-electron chi connectivity index (χ4n) is 2.06. The Kier molecular flexibility index (Phi) is 3.41. The quantitative estimate of drug-likeness (QED) is 0.875. The minimum atomic E-state index is 0.0422. The van der Waals surface area contributed by atoms with Gasteiger partial charge in [-0.25, -0.2) is 0 Å². The van der Waals surface area contributed by atoms with E-state index < -0.39 is 0 Å². The van der Waals surface area contributed by atoms with E-state index in [1.54, 1.807) is 0 Å². The van der Waals surface area contributed by atoms with Crippen molar-refractivity contribution in [1.29, 1.82) is 0 Å². The van der Waals surface area contributed by atoms with E-state index in [4.69, 9.17) is 17.3 Å². The molecule has 1 aromatic rings. The second kappa shape index (κ2) is 4.64. The molecule has 1 aliphatic carbocycles. The molecule has 0 unspecified atom stereocenters. The van der Waals surface area contributed by atoms with Gasteiger partial charge >= 0.3 is 0 Å². The van der Waals surface area contributed by atoms with Crippen molar-refractivity contribution in [3.8, 4) is 0 Å². The Labute approximate surface area is 102 Å². The average Bonchev–Trinajstić information content (AvgIpc) is 2.14. The predicted molar refractivity (Wildman–Crippen MR) is 70.1 cm³/mol. The van der Waals surface area contributed by atoms with Crippen molar-refractivity contribution >= 4 is 17.3 Å². The van der Waals surface area contributed by atoms with Gasteiger partial charge < -0.3 is 10.6 Å². The summed E-state index contributed by atoms with van der Waals surface area (Å²) >= 11 is 6.30. The molecule has 1 fully saturated rings. The fourth-order valence-corrected chi connectivity index (χ4v) is 2.39. The summed E-state index contributed by atoms with van der Waals surface area (Å²) in [5.41, 5.74) is 8.05. The first-order valence-electron chi connectivity index (χ1n) is 5.87. The minimum Gasteiger partial charge on any atom is -0.370 e. The van der Waals surface area contributed by atoms with E-state index in [-0.39, 0.29) is 6.04 Å². The highest BCUT2D eigenvalue weighted by Crippen LogP contribution is 2.33. The molecular formula is C13H19ClN2. The van der Waals surface area contributed by atoms with Crippen molar-refractivity contribution in [3.05, 3.63) is 28.8 Å². The maximum Gasteiger partial charge on any atom is 0.0642 e. The van der Waals surface area contributed by atoms with Crippen LogP contribution in [0.3, 0.4) is 0 Å². The highest BCUT2D eigenvalue weighted by molar-refractivity contribution is 6.33. The van der Waals surface area contributed by atoms with E-state index in [9.17, 15) is 0 Å². The Bertz CT molecular complexity index is 372. The summed E-state index contributed by atoms with van der Waals surface area (Å²) in [4.78, 5) is 2.29. The maximum absolute atomic E-state index is 6.30. The fraction of sp³-hybridized carbons (Fsp3) is 0.538. The van der Waals surface area contributed by atoms with E-state index in [2.05, 4.69) is 24.1 Å². The third-order valence-electron chi connectivity index (χ3n) is 3.50. The number of hydrogen-bond acceptors (Lipinski definition) is 2. The first-order valence-corrected chi connectivity index (χ1v) is 6.25. The summed E-state index contributed by atoms with van der Waals surface area (Å²) in [5, 5.41) is 0.809. The normalized spacial score (nSPS) is 18.0. The lowest BCUT2D eigenvalue weighted by Crippen LogP contribution is -2.37. The van der Waals surface area contributed by atoms with Crippen molar-refractivity contribution in [2.24, 2.45) is 5.73 Å². The molecule has 0 bridgehead atoms. The second-order valence-electron chi connectivity index (χ2n) is 4.70. The molecule has 0 aliphatic heterocycles. The minimum absolute atomic E-state index is 0.0422. The summed E-state index contributed by atoms with van der Waals surface area (Å²) in [5.74, 6) is 0. The molecule has 0 aromatic heterocycles. The predicted octanol–water partition coefficient (Wildman–Crippen LogP) is 3.35. The number of rotatable bonds is 3. The molecule has 2 nitrogen and oxygen atoms in total. The van der Waals surface area contributed by atoms with E-state index in [1.807, 2.05) is 13.0 Å². The van der Waals surface area contributed by atoms with Gasteiger partial charge in [0.05, 0.1) is 10.7 Å². The highest BCUT2D eigenvalue weighted by atomic mass is 35.5. The summed E-state index contributed by atoms with van der Waals surface area (Å²) < 4.78 is 0. The van der Waals surface area contributed by atoms with Gasteiger partial charge in [-0.05, 0) is 43.9 Å². The highest BCUT2D eigenvalue weighted by Gasteiger charge is 2.23. The zero-order valence-electron chi connectivity index (χ0n) is 9.91. The third-order valence-corrected chi connectivity index (χ3v) is 3.80. The maximum atomic E-state index is 6.30. The molecule has 0 heterocycles. The van der Waals surface area contributed by atoms with Crippen LogP contribution >= 0.6 is 11.6 Å². The Morgan fingerprint density at radius 1 is 1.44 bits per heavy atom. The molecule has 0 amide bonds. The summed E-state index contributed by atoms with van der Waals surface area (Å²) in [6.07, 6.45) is 3.90. The van der Waals surface area contributed by atoms with Gasteiger partial charge in [-0.2, -0.15) is 0 Å². The van der Waals surface area contributed by atoms with Gasteiger partial charge in [-0.3, -0.25) is 0 Å². The summed E-state index contributed by atoms with van der Waals surface area (Å²) in [7, 11) is 2.12. The number of benzene rings is 1. The Balaban J connectivity index is 2.21. The standard InChI is InChI=1S/C13H19ClN2/c1-9(15)10-6-7-13(12(14)8-10)16(2)11-4-3-5-11/h6-9,11H,3-5,15H2,1-2H3/t9-/m1/s1. The van der Waals surface area contributed by atoms with E-state index >= 15 is 0 Å². The van der Waals surface area contributed by atoms with Crippen molar-refractivity contribution in [1.82, 2.24) is 0 Å².